The number of carbonyl (C=O) groups excluding carboxylic acids is 1. The minimum Gasteiger partial charge on any atom is -0.307 e. The van der Waals surface area contributed by atoms with Crippen LogP contribution in [-0.2, 0) is 25.5 Å². The number of amides is 1. The summed E-state index contributed by atoms with van der Waals surface area (Å²) in [6.07, 6.45) is 7.52. The molecule has 2 aromatic carbocycles. The van der Waals surface area contributed by atoms with Gasteiger partial charge >= 0.3 is 0 Å². The van der Waals surface area contributed by atoms with Gasteiger partial charge in [-0.3, -0.25) is 9.52 Å². The van der Waals surface area contributed by atoms with Crippen LogP contribution in [0.1, 0.15) is 74.7 Å². The highest BCUT2D eigenvalue weighted by atomic mass is 32.2. The maximum absolute atomic E-state index is 13.8. The Kier molecular flexibility index (Phi) is 7.50. The normalized spacial score (nSPS) is 17.4. The number of fused-ring (bicyclic) bond motifs is 2. The molecule has 0 bridgehead atoms. The van der Waals surface area contributed by atoms with Crippen molar-refractivity contribution in [3.05, 3.63) is 53.6 Å². The van der Waals surface area contributed by atoms with Gasteiger partial charge in [0, 0.05) is 34.9 Å². The third-order valence-electron chi connectivity index (χ3n) is 7.38. The Bertz CT molecular complexity index is 1350. The monoisotopic (exact) mass is 533 g/mol. The lowest BCUT2D eigenvalue weighted by atomic mass is 9.70. The van der Waals surface area contributed by atoms with E-state index >= 15 is 0 Å². The number of hydrogen-bond acceptors (Lipinski definition) is 5. The fourth-order valence-electron chi connectivity index (χ4n) is 5.48. The Labute approximate surface area is 214 Å². The summed E-state index contributed by atoms with van der Waals surface area (Å²) in [4.78, 5) is 15.6. The molecule has 1 aliphatic heterocycles. The highest BCUT2D eigenvalue weighted by Gasteiger charge is 2.45. The molecule has 1 aliphatic carbocycles. The van der Waals surface area contributed by atoms with Crippen molar-refractivity contribution < 1.29 is 21.6 Å². The standard InChI is InChI=1S/C26H35N3O5S2/c1-4-20(5-2)28-36(33,34)22-11-9-10-19(16-22)25(30)29-18-26(14-7-6-8-15-26)23-17-21(12-13-24(23)29)27-35(3,31)32/h9-13,16-17,20,27-28H,4-8,14-15,18H2,1-3H3. The molecule has 0 atom stereocenters. The van der Waals surface area contributed by atoms with Crippen molar-refractivity contribution in [2.45, 2.75) is 75.1 Å². The van der Waals surface area contributed by atoms with E-state index in [-0.39, 0.29) is 22.3 Å². The first kappa shape index (κ1) is 26.6. The minimum atomic E-state index is -3.76. The summed E-state index contributed by atoms with van der Waals surface area (Å²) in [7, 11) is -7.19. The van der Waals surface area contributed by atoms with Crippen molar-refractivity contribution in [2.75, 3.05) is 22.4 Å². The summed E-state index contributed by atoms with van der Waals surface area (Å²) in [5.41, 5.74) is 2.28. The first-order valence-corrected chi connectivity index (χ1v) is 15.9. The molecule has 1 amide bonds. The van der Waals surface area contributed by atoms with Crippen LogP contribution < -0.4 is 14.3 Å². The van der Waals surface area contributed by atoms with Gasteiger partial charge in [0.25, 0.3) is 5.91 Å². The number of rotatable bonds is 8. The van der Waals surface area contributed by atoms with E-state index in [1.807, 2.05) is 19.9 Å². The molecule has 0 unspecified atom stereocenters. The number of hydrogen-bond donors (Lipinski definition) is 2. The van der Waals surface area contributed by atoms with E-state index in [1.165, 1.54) is 12.1 Å². The molecule has 36 heavy (non-hydrogen) atoms. The molecule has 1 spiro atoms. The predicted octanol–water partition coefficient (Wildman–Crippen LogP) is 4.39. The van der Waals surface area contributed by atoms with E-state index < -0.39 is 20.0 Å². The van der Waals surface area contributed by atoms with Crippen molar-refractivity contribution in [1.82, 2.24) is 4.72 Å². The summed E-state index contributed by atoms with van der Waals surface area (Å²) in [5.74, 6) is -0.262. The van der Waals surface area contributed by atoms with Crippen LogP contribution in [0.25, 0.3) is 0 Å². The molecular weight excluding hydrogens is 498 g/mol. The molecule has 2 N–H and O–H groups in total. The first-order chi connectivity index (χ1) is 17.0. The molecule has 0 saturated heterocycles. The number of nitrogens with one attached hydrogen (secondary N) is 2. The Morgan fingerprint density at radius 3 is 2.33 bits per heavy atom. The van der Waals surface area contributed by atoms with E-state index in [4.69, 9.17) is 0 Å². The molecule has 10 heteroatoms. The van der Waals surface area contributed by atoms with Crippen molar-refractivity contribution in [2.24, 2.45) is 0 Å². The second kappa shape index (κ2) is 10.1. The second-order valence-corrected chi connectivity index (χ2v) is 13.5. The Hall–Kier alpha value is -2.43. The third-order valence-corrected chi connectivity index (χ3v) is 9.50. The zero-order chi connectivity index (χ0) is 26.1. The van der Waals surface area contributed by atoms with Gasteiger partial charge in [-0.2, -0.15) is 0 Å². The highest BCUT2D eigenvalue weighted by Crippen LogP contribution is 2.50. The van der Waals surface area contributed by atoms with Crippen molar-refractivity contribution >= 4 is 37.3 Å². The number of sulfonamides is 2. The zero-order valence-corrected chi connectivity index (χ0v) is 22.7. The smallest absolute Gasteiger partial charge is 0.258 e. The molecule has 196 valence electrons. The van der Waals surface area contributed by atoms with Gasteiger partial charge < -0.3 is 4.90 Å². The van der Waals surface area contributed by atoms with Crippen molar-refractivity contribution in [3.8, 4) is 0 Å². The highest BCUT2D eigenvalue weighted by molar-refractivity contribution is 7.92. The molecular formula is C26H35N3O5S2. The van der Waals surface area contributed by atoms with Gasteiger partial charge in [-0.25, -0.2) is 21.6 Å². The Morgan fingerprint density at radius 2 is 1.69 bits per heavy atom. The van der Waals surface area contributed by atoms with Gasteiger partial charge in [-0.1, -0.05) is 39.2 Å². The summed E-state index contributed by atoms with van der Waals surface area (Å²) in [6.45, 7) is 4.35. The lowest BCUT2D eigenvalue weighted by molar-refractivity contribution is 0.0982. The molecule has 0 radical (unpaired) electrons. The van der Waals surface area contributed by atoms with Crippen LogP contribution in [0.5, 0.6) is 0 Å². The lowest BCUT2D eigenvalue weighted by Gasteiger charge is -2.34. The average molecular weight is 534 g/mol. The van der Waals surface area contributed by atoms with Gasteiger partial charge in [0.2, 0.25) is 20.0 Å². The van der Waals surface area contributed by atoms with Gasteiger partial charge in [0.1, 0.15) is 0 Å². The van der Waals surface area contributed by atoms with E-state index in [1.54, 1.807) is 29.2 Å². The first-order valence-electron chi connectivity index (χ1n) is 12.5. The van der Waals surface area contributed by atoms with Crippen LogP contribution >= 0.6 is 0 Å². The molecule has 8 nitrogen and oxygen atoms in total. The van der Waals surface area contributed by atoms with E-state index in [0.29, 0.717) is 30.6 Å². The van der Waals surface area contributed by atoms with Crippen LogP contribution in [0, 0.1) is 0 Å². The molecule has 1 saturated carbocycles. The summed E-state index contributed by atoms with van der Waals surface area (Å²) >= 11 is 0. The lowest BCUT2D eigenvalue weighted by Crippen LogP contribution is -2.38. The maximum atomic E-state index is 13.8. The van der Waals surface area contributed by atoms with Crippen LogP contribution in [-0.4, -0.2) is 41.6 Å². The molecule has 4 rings (SSSR count). The summed E-state index contributed by atoms with van der Waals surface area (Å²) in [6, 6.07) is 11.3. The second-order valence-electron chi connectivity index (χ2n) is 10.0. The fraction of sp³-hybridized carbons (Fsp3) is 0.500. The van der Waals surface area contributed by atoms with E-state index in [9.17, 15) is 21.6 Å². The molecule has 2 aliphatic rings. The number of carbonyl (C=O) groups is 1. The van der Waals surface area contributed by atoms with Crippen LogP contribution in [0.3, 0.4) is 0 Å². The van der Waals surface area contributed by atoms with E-state index in [2.05, 4.69) is 9.44 Å². The van der Waals surface area contributed by atoms with Gasteiger partial charge in [-0.15, -0.1) is 0 Å². The molecule has 1 heterocycles. The SMILES string of the molecule is CCC(CC)NS(=O)(=O)c1cccc(C(=O)N2CC3(CCCCC3)c3cc(NS(C)(=O)=O)ccc32)c1. The Morgan fingerprint density at radius 1 is 1.00 bits per heavy atom. The van der Waals surface area contributed by atoms with Gasteiger partial charge in [-0.05, 0) is 67.6 Å². The zero-order valence-electron chi connectivity index (χ0n) is 21.1. The minimum absolute atomic E-state index is 0.0692. The largest absolute Gasteiger partial charge is 0.307 e. The summed E-state index contributed by atoms with van der Waals surface area (Å²) < 4.78 is 54.8. The molecule has 1 fully saturated rings. The maximum Gasteiger partial charge on any atom is 0.258 e. The number of anilines is 2. The third kappa shape index (κ3) is 5.45. The van der Waals surface area contributed by atoms with E-state index in [0.717, 1.165) is 49.6 Å². The fourth-order valence-corrected chi connectivity index (χ4v) is 7.48. The van der Waals surface area contributed by atoms with Crippen LogP contribution in [0.2, 0.25) is 0 Å². The van der Waals surface area contributed by atoms with Crippen molar-refractivity contribution in [1.29, 1.82) is 0 Å². The van der Waals surface area contributed by atoms with Crippen LogP contribution in [0.15, 0.2) is 47.4 Å². The van der Waals surface area contributed by atoms with Crippen molar-refractivity contribution in [3.63, 3.8) is 0 Å². The predicted molar refractivity (Wildman–Crippen MR) is 142 cm³/mol. The average Bonchev–Trinajstić information content (AvgIpc) is 3.14. The van der Waals surface area contributed by atoms with Gasteiger partial charge in [0.15, 0.2) is 0 Å². The van der Waals surface area contributed by atoms with Gasteiger partial charge in [0.05, 0.1) is 11.2 Å². The molecule has 2 aromatic rings. The number of benzene rings is 2. The summed E-state index contributed by atoms with van der Waals surface area (Å²) in [5, 5.41) is 0. The Balaban J connectivity index is 1.69. The number of nitrogens with zero attached hydrogens (tertiary/aromatic N) is 1. The topological polar surface area (TPSA) is 113 Å². The molecule has 0 aromatic heterocycles. The van der Waals surface area contributed by atoms with Crippen LogP contribution in [0.4, 0.5) is 11.4 Å². The quantitative estimate of drug-likeness (QED) is 0.523.